The quantitative estimate of drug-likeness (QED) is 0.848. The Morgan fingerprint density at radius 3 is 2.30 bits per heavy atom. The molecule has 0 fully saturated rings. The van der Waals surface area contributed by atoms with Gasteiger partial charge in [0.25, 0.3) is 5.91 Å². The molecule has 0 aliphatic heterocycles. The van der Waals surface area contributed by atoms with E-state index in [1.807, 2.05) is 32.9 Å². The minimum atomic E-state index is -0.812. The van der Waals surface area contributed by atoms with Gasteiger partial charge in [-0.15, -0.1) is 0 Å². The summed E-state index contributed by atoms with van der Waals surface area (Å²) in [6.07, 6.45) is -0.531. The molecule has 1 aromatic rings. The maximum atomic E-state index is 11.9. The average molecular weight is 342 g/mol. The molecule has 1 atom stereocenters. The molecule has 110 valence electrons. The van der Waals surface area contributed by atoms with Crippen LogP contribution in [-0.2, 0) is 14.3 Å². The highest BCUT2D eigenvalue weighted by Gasteiger charge is 2.22. The molecule has 1 amide bonds. The first-order chi connectivity index (χ1) is 9.17. The van der Waals surface area contributed by atoms with Crippen LogP contribution in [0.15, 0.2) is 28.7 Å². The molecule has 4 nitrogen and oxygen atoms in total. The average Bonchev–Trinajstić information content (AvgIpc) is 2.29. The number of nitrogens with one attached hydrogen (secondary N) is 1. The highest BCUT2D eigenvalue weighted by Crippen LogP contribution is 2.19. The summed E-state index contributed by atoms with van der Waals surface area (Å²) in [4.78, 5) is 23.6. The van der Waals surface area contributed by atoms with Crippen molar-refractivity contribution in [3.63, 3.8) is 0 Å². The number of ether oxygens (including phenoxy) is 1. The van der Waals surface area contributed by atoms with E-state index in [0.29, 0.717) is 5.69 Å². The molecule has 0 bridgehead atoms. The second-order valence-electron chi connectivity index (χ2n) is 5.87. The summed E-state index contributed by atoms with van der Waals surface area (Å²) in [6.45, 7) is 7.40. The molecule has 0 radical (unpaired) electrons. The molecule has 0 aromatic heterocycles. The van der Waals surface area contributed by atoms with Gasteiger partial charge in [-0.25, -0.2) is 0 Å². The van der Waals surface area contributed by atoms with Crippen molar-refractivity contribution in [1.82, 2.24) is 0 Å². The summed E-state index contributed by atoms with van der Waals surface area (Å²) in [5.41, 5.74) is 0.510. The highest BCUT2D eigenvalue weighted by atomic mass is 79.9. The molecular weight excluding hydrogens is 322 g/mol. The van der Waals surface area contributed by atoms with E-state index in [4.69, 9.17) is 4.74 Å². The Labute approximate surface area is 128 Å². The van der Waals surface area contributed by atoms with Gasteiger partial charge in [-0.1, -0.05) is 36.7 Å². The van der Waals surface area contributed by atoms with Crippen molar-refractivity contribution >= 4 is 33.5 Å². The Bertz CT molecular complexity index is 477. The third kappa shape index (κ3) is 6.19. The third-order valence-corrected chi connectivity index (χ3v) is 2.99. The van der Waals surface area contributed by atoms with Crippen LogP contribution in [0.3, 0.4) is 0 Å². The van der Waals surface area contributed by atoms with Crippen molar-refractivity contribution in [3.8, 4) is 0 Å². The standard InChI is InChI=1S/C15H20BrNO3/c1-10(20-13(18)9-15(2,3)4)14(19)17-12-7-5-11(16)6-8-12/h5-8,10H,9H2,1-4H3,(H,17,19)/t10-/m0/s1. The van der Waals surface area contributed by atoms with Gasteiger partial charge in [-0.05, 0) is 36.6 Å². The Balaban J connectivity index is 2.51. The normalized spacial score (nSPS) is 12.7. The molecule has 1 aromatic carbocycles. The predicted octanol–water partition coefficient (Wildman–Crippen LogP) is 3.76. The van der Waals surface area contributed by atoms with Gasteiger partial charge < -0.3 is 10.1 Å². The van der Waals surface area contributed by atoms with Crippen molar-refractivity contribution in [2.45, 2.75) is 40.2 Å². The molecule has 0 spiro atoms. The fourth-order valence-electron chi connectivity index (χ4n) is 1.50. The SMILES string of the molecule is C[C@H](OC(=O)CC(C)(C)C)C(=O)Nc1ccc(Br)cc1. The summed E-state index contributed by atoms with van der Waals surface area (Å²) in [6, 6.07) is 7.19. The van der Waals surface area contributed by atoms with Gasteiger partial charge in [0.15, 0.2) is 6.10 Å². The van der Waals surface area contributed by atoms with Crippen LogP contribution < -0.4 is 5.32 Å². The maximum absolute atomic E-state index is 11.9. The predicted molar refractivity (Wildman–Crippen MR) is 82.4 cm³/mol. The summed E-state index contributed by atoms with van der Waals surface area (Å²) < 4.78 is 6.05. The lowest BCUT2D eigenvalue weighted by Gasteiger charge is -2.19. The first kappa shape index (κ1) is 16.7. The molecule has 0 saturated heterocycles. The van der Waals surface area contributed by atoms with Crippen molar-refractivity contribution < 1.29 is 14.3 Å². The lowest BCUT2D eigenvalue weighted by atomic mass is 9.92. The molecule has 1 rings (SSSR count). The van der Waals surface area contributed by atoms with Crippen LogP contribution in [-0.4, -0.2) is 18.0 Å². The summed E-state index contributed by atoms with van der Waals surface area (Å²) in [5, 5.41) is 2.70. The molecule has 20 heavy (non-hydrogen) atoms. The molecule has 0 aliphatic carbocycles. The fourth-order valence-corrected chi connectivity index (χ4v) is 1.77. The zero-order valence-corrected chi connectivity index (χ0v) is 13.8. The largest absolute Gasteiger partial charge is 0.453 e. The molecule has 0 aliphatic rings. The second-order valence-corrected chi connectivity index (χ2v) is 6.78. The second kappa shape index (κ2) is 6.88. The number of carbonyl (C=O) groups is 2. The molecular formula is C15H20BrNO3. The van der Waals surface area contributed by atoms with Crippen LogP contribution in [0.2, 0.25) is 0 Å². The first-order valence-electron chi connectivity index (χ1n) is 6.43. The van der Waals surface area contributed by atoms with E-state index in [0.717, 1.165) is 4.47 Å². The highest BCUT2D eigenvalue weighted by molar-refractivity contribution is 9.10. The van der Waals surface area contributed by atoms with Gasteiger partial charge in [0.05, 0.1) is 6.42 Å². The van der Waals surface area contributed by atoms with E-state index in [1.165, 1.54) is 0 Å². The van der Waals surface area contributed by atoms with E-state index in [9.17, 15) is 9.59 Å². The molecule has 0 saturated carbocycles. The van der Waals surface area contributed by atoms with Crippen LogP contribution in [0, 0.1) is 5.41 Å². The van der Waals surface area contributed by atoms with Gasteiger partial charge in [0.1, 0.15) is 0 Å². The van der Waals surface area contributed by atoms with E-state index in [1.54, 1.807) is 19.1 Å². The van der Waals surface area contributed by atoms with Crippen LogP contribution in [0.25, 0.3) is 0 Å². The number of rotatable bonds is 4. The van der Waals surface area contributed by atoms with Crippen LogP contribution >= 0.6 is 15.9 Å². The Morgan fingerprint density at radius 2 is 1.80 bits per heavy atom. The lowest BCUT2D eigenvalue weighted by Crippen LogP contribution is -2.31. The first-order valence-corrected chi connectivity index (χ1v) is 7.22. The number of anilines is 1. The van der Waals surface area contributed by atoms with Crippen LogP contribution in [0.1, 0.15) is 34.1 Å². The van der Waals surface area contributed by atoms with E-state index in [2.05, 4.69) is 21.2 Å². The monoisotopic (exact) mass is 341 g/mol. The van der Waals surface area contributed by atoms with E-state index in [-0.39, 0.29) is 23.7 Å². The fraction of sp³-hybridized carbons (Fsp3) is 0.467. The van der Waals surface area contributed by atoms with Crippen LogP contribution in [0.5, 0.6) is 0 Å². The van der Waals surface area contributed by atoms with Crippen molar-refractivity contribution in [3.05, 3.63) is 28.7 Å². The van der Waals surface area contributed by atoms with Gasteiger partial charge in [-0.3, -0.25) is 9.59 Å². The van der Waals surface area contributed by atoms with Gasteiger partial charge in [0, 0.05) is 10.2 Å². The van der Waals surface area contributed by atoms with E-state index >= 15 is 0 Å². The van der Waals surface area contributed by atoms with Crippen LogP contribution in [0.4, 0.5) is 5.69 Å². The number of amides is 1. The van der Waals surface area contributed by atoms with Gasteiger partial charge in [-0.2, -0.15) is 0 Å². The summed E-state index contributed by atoms with van der Waals surface area (Å²) in [5.74, 6) is -0.703. The zero-order chi connectivity index (χ0) is 15.3. The molecule has 0 unspecified atom stereocenters. The molecule has 1 N–H and O–H groups in total. The Morgan fingerprint density at radius 1 is 1.25 bits per heavy atom. The Kier molecular flexibility index (Phi) is 5.74. The summed E-state index contributed by atoms with van der Waals surface area (Å²) >= 11 is 3.32. The zero-order valence-electron chi connectivity index (χ0n) is 12.2. The lowest BCUT2D eigenvalue weighted by molar-refractivity contribution is -0.154. The number of carbonyl (C=O) groups excluding carboxylic acids is 2. The van der Waals surface area contributed by atoms with Crippen molar-refractivity contribution in [2.24, 2.45) is 5.41 Å². The summed E-state index contributed by atoms with van der Waals surface area (Å²) in [7, 11) is 0. The van der Waals surface area contributed by atoms with Crippen molar-refractivity contribution in [2.75, 3.05) is 5.32 Å². The molecule has 0 heterocycles. The Hall–Kier alpha value is -1.36. The van der Waals surface area contributed by atoms with Crippen molar-refractivity contribution in [1.29, 1.82) is 0 Å². The minimum Gasteiger partial charge on any atom is -0.453 e. The minimum absolute atomic E-state index is 0.154. The number of benzene rings is 1. The number of esters is 1. The third-order valence-electron chi connectivity index (χ3n) is 2.46. The number of halogens is 1. The smallest absolute Gasteiger partial charge is 0.307 e. The number of hydrogen-bond acceptors (Lipinski definition) is 3. The number of hydrogen-bond donors (Lipinski definition) is 1. The van der Waals surface area contributed by atoms with Gasteiger partial charge in [0.2, 0.25) is 0 Å². The maximum Gasteiger partial charge on any atom is 0.307 e. The van der Waals surface area contributed by atoms with Gasteiger partial charge >= 0.3 is 5.97 Å². The van der Waals surface area contributed by atoms with E-state index < -0.39 is 6.10 Å². The molecule has 5 heteroatoms. The topological polar surface area (TPSA) is 55.4 Å².